The molecule has 1 heterocycles. The first-order valence-corrected chi connectivity index (χ1v) is 6.19. The number of aryl methyl sites for hydroxylation is 2. The summed E-state index contributed by atoms with van der Waals surface area (Å²) >= 11 is 5.90. The predicted molar refractivity (Wildman–Crippen MR) is 73.6 cm³/mol. The van der Waals surface area contributed by atoms with E-state index >= 15 is 0 Å². The molecule has 0 atom stereocenters. The van der Waals surface area contributed by atoms with Gasteiger partial charge in [-0.2, -0.15) is 0 Å². The molecule has 18 heavy (non-hydrogen) atoms. The van der Waals surface area contributed by atoms with Crippen molar-refractivity contribution < 1.29 is 4.39 Å². The summed E-state index contributed by atoms with van der Waals surface area (Å²) in [5.74, 6) is -0.294. The monoisotopic (exact) mass is 263 g/mol. The molecule has 0 fully saturated rings. The number of hydrogen-bond acceptors (Lipinski definition) is 1. The average molecular weight is 264 g/mol. The topological polar surface area (TPSA) is 12.9 Å². The highest BCUT2D eigenvalue weighted by atomic mass is 35.5. The minimum atomic E-state index is -0.294. The van der Waals surface area contributed by atoms with Gasteiger partial charge < -0.3 is 0 Å². The maximum Gasteiger partial charge on any atom is 0.136 e. The maximum atomic E-state index is 14.2. The molecule has 1 aromatic heterocycles. The third-order valence-corrected chi connectivity index (χ3v) is 3.78. The van der Waals surface area contributed by atoms with E-state index in [1.165, 1.54) is 0 Å². The Balaban J connectivity index is 2.67. The molecule has 2 aromatic rings. The van der Waals surface area contributed by atoms with Gasteiger partial charge in [-0.25, -0.2) is 4.39 Å². The fourth-order valence-corrected chi connectivity index (χ4v) is 2.04. The van der Waals surface area contributed by atoms with E-state index in [0.717, 1.165) is 16.8 Å². The van der Waals surface area contributed by atoms with Crippen LogP contribution in [0.3, 0.4) is 0 Å². The van der Waals surface area contributed by atoms with Gasteiger partial charge in [0.15, 0.2) is 0 Å². The average Bonchev–Trinajstić information content (AvgIpc) is 2.33. The van der Waals surface area contributed by atoms with Gasteiger partial charge in [-0.15, -0.1) is 0 Å². The van der Waals surface area contributed by atoms with Crippen molar-refractivity contribution in [2.45, 2.75) is 27.7 Å². The van der Waals surface area contributed by atoms with Crippen LogP contribution in [0.25, 0.3) is 11.3 Å². The lowest BCUT2D eigenvalue weighted by Gasteiger charge is -2.10. The van der Waals surface area contributed by atoms with Crippen molar-refractivity contribution in [3.8, 4) is 11.3 Å². The molecule has 3 heteroatoms. The highest BCUT2D eigenvalue weighted by molar-refractivity contribution is 6.31. The summed E-state index contributed by atoms with van der Waals surface area (Å²) in [6.07, 6.45) is 0. The first-order valence-electron chi connectivity index (χ1n) is 5.81. The second-order valence-corrected chi connectivity index (χ2v) is 4.98. The van der Waals surface area contributed by atoms with E-state index < -0.39 is 0 Å². The number of aromatic nitrogens is 1. The third kappa shape index (κ3) is 2.13. The van der Waals surface area contributed by atoms with Gasteiger partial charge in [-0.05, 0) is 57.0 Å². The van der Waals surface area contributed by atoms with Gasteiger partial charge in [-0.3, -0.25) is 4.98 Å². The van der Waals surface area contributed by atoms with Crippen LogP contribution in [-0.4, -0.2) is 4.98 Å². The molecule has 0 bridgehead atoms. The van der Waals surface area contributed by atoms with E-state index in [1.54, 1.807) is 19.1 Å². The Morgan fingerprint density at radius 2 is 1.72 bits per heavy atom. The summed E-state index contributed by atoms with van der Waals surface area (Å²) in [4.78, 5) is 4.45. The fourth-order valence-electron chi connectivity index (χ4n) is 1.89. The van der Waals surface area contributed by atoms with Gasteiger partial charge in [0, 0.05) is 21.8 Å². The summed E-state index contributed by atoms with van der Waals surface area (Å²) in [5, 5.41) is 0.441. The Kier molecular flexibility index (Phi) is 3.40. The second-order valence-electron chi connectivity index (χ2n) is 4.57. The molecule has 1 nitrogen and oxygen atoms in total. The molecule has 0 aliphatic heterocycles. The number of rotatable bonds is 1. The van der Waals surface area contributed by atoms with E-state index in [1.807, 2.05) is 26.8 Å². The molecule has 2 rings (SSSR count). The largest absolute Gasteiger partial charge is 0.253 e. The molecule has 0 radical (unpaired) electrons. The third-order valence-electron chi connectivity index (χ3n) is 3.37. The van der Waals surface area contributed by atoms with Crippen LogP contribution >= 0.6 is 11.6 Å². The number of halogens is 2. The minimum Gasteiger partial charge on any atom is -0.253 e. The van der Waals surface area contributed by atoms with Gasteiger partial charge in [-0.1, -0.05) is 11.6 Å². The van der Waals surface area contributed by atoms with Crippen LogP contribution in [0.4, 0.5) is 4.39 Å². The van der Waals surface area contributed by atoms with Crippen molar-refractivity contribution in [1.82, 2.24) is 4.98 Å². The number of pyridine rings is 1. The standard InChI is InChI=1S/C15H15ClFN/c1-8-7-14(18-11(4)9(8)2)12-5-6-13(16)10(3)15(12)17/h5-7H,1-4H3. The first kappa shape index (κ1) is 13.0. The zero-order chi connectivity index (χ0) is 13.4. The molecule has 0 unspecified atom stereocenters. The smallest absolute Gasteiger partial charge is 0.136 e. The van der Waals surface area contributed by atoms with Crippen LogP contribution in [-0.2, 0) is 0 Å². The van der Waals surface area contributed by atoms with Crippen molar-refractivity contribution in [2.75, 3.05) is 0 Å². The van der Waals surface area contributed by atoms with Crippen molar-refractivity contribution in [3.63, 3.8) is 0 Å². The van der Waals surface area contributed by atoms with Gasteiger partial charge in [0.1, 0.15) is 5.82 Å². The zero-order valence-corrected chi connectivity index (χ0v) is 11.7. The first-order chi connectivity index (χ1) is 8.41. The number of benzene rings is 1. The Morgan fingerprint density at radius 1 is 1.06 bits per heavy atom. The SMILES string of the molecule is Cc1cc(-c2ccc(Cl)c(C)c2F)nc(C)c1C. The normalized spacial score (nSPS) is 10.8. The van der Waals surface area contributed by atoms with Crippen LogP contribution in [0.2, 0.25) is 5.02 Å². The van der Waals surface area contributed by atoms with Crippen LogP contribution < -0.4 is 0 Å². The summed E-state index contributed by atoms with van der Waals surface area (Å²) in [5.41, 5.74) is 4.81. The molecule has 1 aromatic carbocycles. The van der Waals surface area contributed by atoms with E-state index in [-0.39, 0.29) is 5.82 Å². The molecule has 0 aliphatic carbocycles. The lowest BCUT2D eigenvalue weighted by molar-refractivity contribution is 0.621. The van der Waals surface area contributed by atoms with E-state index in [9.17, 15) is 4.39 Å². The van der Waals surface area contributed by atoms with Crippen LogP contribution in [0.5, 0.6) is 0 Å². The highest BCUT2D eigenvalue weighted by Crippen LogP contribution is 2.29. The van der Waals surface area contributed by atoms with E-state index in [2.05, 4.69) is 4.98 Å². The fraction of sp³-hybridized carbons (Fsp3) is 0.267. The van der Waals surface area contributed by atoms with Gasteiger partial charge in [0.25, 0.3) is 0 Å². The van der Waals surface area contributed by atoms with Crippen LogP contribution in [0.1, 0.15) is 22.4 Å². The molecular formula is C15H15ClFN. The van der Waals surface area contributed by atoms with Crippen LogP contribution in [0, 0.1) is 33.5 Å². The lowest BCUT2D eigenvalue weighted by atomic mass is 10.0. The van der Waals surface area contributed by atoms with Gasteiger partial charge >= 0.3 is 0 Å². The Labute approximate surface area is 112 Å². The van der Waals surface area contributed by atoms with Crippen molar-refractivity contribution in [1.29, 1.82) is 0 Å². The molecule has 0 spiro atoms. The number of nitrogens with zero attached hydrogens (tertiary/aromatic N) is 1. The molecule has 0 saturated carbocycles. The van der Waals surface area contributed by atoms with Crippen molar-refractivity contribution in [2.24, 2.45) is 0 Å². The van der Waals surface area contributed by atoms with E-state index in [4.69, 9.17) is 11.6 Å². The quantitative estimate of drug-likeness (QED) is 0.722. The summed E-state index contributed by atoms with van der Waals surface area (Å²) in [7, 11) is 0. The summed E-state index contributed by atoms with van der Waals surface area (Å²) in [6.45, 7) is 7.64. The molecular weight excluding hydrogens is 249 g/mol. The van der Waals surface area contributed by atoms with Crippen LogP contribution in [0.15, 0.2) is 18.2 Å². The molecule has 94 valence electrons. The van der Waals surface area contributed by atoms with Crippen molar-refractivity contribution in [3.05, 3.63) is 51.4 Å². The molecule has 0 amide bonds. The Morgan fingerprint density at radius 3 is 2.33 bits per heavy atom. The Bertz CT molecular complexity index is 597. The zero-order valence-electron chi connectivity index (χ0n) is 10.9. The highest BCUT2D eigenvalue weighted by Gasteiger charge is 2.13. The predicted octanol–water partition coefficient (Wildman–Crippen LogP) is 4.77. The molecule has 0 aliphatic rings. The lowest BCUT2D eigenvalue weighted by Crippen LogP contribution is -1.97. The maximum absolute atomic E-state index is 14.2. The van der Waals surface area contributed by atoms with E-state index in [0.29, 0.717) is 21.8 Å². The minimum absolute atomic E-state index is 0.294. The van der Waals surface area contributed by atoms with Crippen molar-refractivity contribution >= 4 is 11.6 Å². The Hall–Kier alpha value is -1.41. The van der Waals surface area contributed by atoms with Gasteiger partial charge in [0.05, 0.1) is 5.69 Å². The van der Waals surface area contributed by atoms with Gasteiger partial charge in [0.2, 0.25) is 0 Å². The number of hydrogen-bond donors (Lipinski definition) is 0. The molecule has 0 saturated heterocycles. The summed E-state index contributed by atoms with van der Waals surface area (Å²) in [6, 6.07) is 5.30. The summed E-state index contributed by atoms with van der Waals surface area (Å²) < 4.78 is 14.2. The molecule has 0 N–H and O–H groups in total. The second kappa shape index (κ2) is 4.69.